The fourth-order valence-electron chi connectivity index (χ4n) is 3.56. The third kappa shape index (κ3) is 5.45. The van der Waals surface area contributed by atoms with E-state index in [1.165, 1.54) is 48.5 Å². The van der Waals surface area contributed by atoms with Gasteiger partial charge in [0.05, 0.1) is 22.3 Å². The maximum Gasteiger partial charge on any atom is 0.335 e. The van der Waals surface area contributed by atoms with E-state index in [9.17, 15) is 24.3 Å². The van der Waals surface area contributed by atoms with E-state index in [0.29, 0.717) is 11.3 Å². The summed E-state index contributed by atoms with van der Waals surface area (Å²) in [5, 5.41) is 23.6. The summed E-state index contributed by atoms with van der Waals surface area (Å²) in [7, 11) is 0. The van der Waals surface area contributed by atoms with Crippen LogP contribution in [0.5, 0.6) is 0 Å². The lowest BCUT2D eigenvalue weighted by molar-refractivity contribution is 0.0686. The molecule has 4 rings (SSSR count). The van der Waals surface area contributed by atoms with Gasteiger partial charge in [-0.2, -0.15) is 0 Å². The molecule has 0 aliphatic carbocycles. The number of benzene rings is 4. The second-order valence-electron chi connectivity index (χ2n) is 7.80. The van der Waals surface area contributed by atoms with Crippen molar-refractivity contribution in [3.8, 4) is 11.1 Å². The zero-order valence-corrected chi connectivity index (χ0v) is 18.8. The van der Waals surface area contributed by atoms with E-state index < -0.39 is 23.8 Å². The Labute approximate surface area is 205 Å². The molecule has 0 aliphatic rings. The third-order valence-corrected chi connectivity index (χ3v) is 5.37. The fourth-order valence-corrected chi connectivity index (χ4v) is 3.56. The zero-order valence-electron chi connectivity index (χ0n) is 18.8. The van der Waals surface area contributed by atoms with Crippen LogP contribution >= 0.6 is 0 Å². The first kappa shape index (κ1) is 23.9. The van der Waals surface area contributed by atoms with Crippen LogP contribution in [0.25, 0.3) is 11.1 Å². The Balaban J connectivity index is 1.68. The number of rotatable bonds is 7. The summed E-state index contributed by atoms with van der Waals surface area (Å²) in [6, 6.07) is 25.6. The molecule has 4 aromatic carbocycles. The highest BCUT2D eigenvalue weighted by molar-refractivity contribution is 6.16. The average molecular weight is 480 g/mol. The van der Waals surface area contributed by atoms with E-state index in [1.54, 1.807) is 18.2 Å². The van der Waals surface area contributed by atoms with E-state index in [-0.39, 0.29) is 27.9 Å². The zero-order chi connectivity index (χ0) is 25.7. The van der Waals surface area contributed by atoms with E-state index in [4.69, 9.17) is 5.11 Å². The van der Waals surface area contributed by atoms with Gasteiger partial charge in [0.15, 0.2) is 0 Å². The van der Waals surface area contributed by atoms with Gasteiger partial charge in [-0.1, -0.05) is 42.5 Å². The van der Waals surface area contributed by atoms with Gasteiger partial charge in [0.25, 0.3) is 11.8 Å². The Morgan fingerprint density at radius 2 is 1.14 bits per heavy atom. The number of amides is 2. The molecule has 178 valence electrons. The average Bonchev–Trinajstić information content (AvgIpc) is 2.89. The summed E-state index contributed by atoms with van der Waals surface area (Å²) in [5.74, 6) is -3.38. The molecule has 0 bridgehead atoms. The molecule has 0 atom stereocenters. The summed E-state index contributed by atoms with van der Waals surface area (Å²) in [5.41, 5.74) is 2.43. The molecule has 0 saturated carbocycles. The van der Waals surface area contributed by atoms with Crippen molar-refractivity contribution in [2.24, 2.45) is 0 Å². The highest BCUT2D eigenvalue weighted by atomic mass is 16.4. The molecule has 2 amide bonds. The van der Waals surface area contributed by atoms with E-state index in [2.05, 4.69) is 10.6 Å². The van der Waals surface area contributed by atoms with E-state index in [0.717, 1.165) is 5.56 Å². The van der Waals surface area contributed by atoms with Crippen LogP contribution in [-0.4, -0.2) is 34.0 Å². The quantitative estimate of drug-likeness (QED) is 0.285. The van der Waals surface area contributed by atoms with Crippen LogP contribution in [-0.2, 0) is 0 Å². The molecule has 4 aromatic rings. The second kappa shape index (κ2) is 10.4. The van der Waals surface area contributed by atoms with Crippen molar-refractivity contribution in [2.45, 2.75) is 0 Å². The van der Waals surface area contributed by atoms with Gasteiger partial charge in [-0.25, -0.2) is 9.59 Å². The van der Waals surface area contributed by atoms with Crippen molar-refractivity contribution < 1.29 is 29.4 Å². The Morgan fingerprint density at radius 3 is 1.81 bits per heavy atom. The summed E-state index contributed by atoms with van der Waals surface area (Å²) < 4.78 is 0. The summed E-state index contributed by atoms with van der Waals surface area (Å²) in [4.78, 5) is 48.7. The molecule has 0 saturated heterocycles. The maximum absolute atomic E-state index is 13.3. The van der Waals surface area contributed by atoms with Crippen molar-refractivity contribution >= 4 is 35.1 Å². The van der Waals surface area contributed by atoms with Gasteiger partial charge in [0.2, 0.25) is 0 Å². The molecule has 0 unspecified atom stereocenters. The van der Waals surface area contributed by atoms with Crippen LogP contribution in [0.2, 0.25) is 0 Å². The van der Waals surface area contributed by atoms with E-state index >= 15 is 0 Å². The molecular formula is C28H20N2O6. The van der Waals surface area contributed by atoms with Gasteiger partial charge in [-0.15, -0.1) is 0 Å². The number of carbonyl (C=O) groups excluding carboxylic acids is 2. The number of aromatic carboxylic acids is 2. The number of carboxylic acid groups (broad SMARTS) is 2. The molecule has 0 aromatic heterocycles. The highest BCUT2D eigenvalue weighted by Gasteiger charge is 2.19. The standard InChI is InChI=1S/C28H20N2O6/c31-25(30-22-8-4-7-20(15-22)28(35)36)23-14-11-19(17-5-2-1-3-6-17)16-24(23)26(32)29-21-12-9-18(10-13-21)27(33)34/h1-16H,(H,29,32)(H,30,31)(H,33,34)(H,35,36). The highest BCUT2D eigenvalue weighted by Crippen LogP contribution is 2.25. The van der Waals surface area contributed by atoms with Crippen LogP contribution in [0.3, 0.4) is 0 Å². The molecule has 0 heterocycles. The lowest BCUT2D eigenvalue weighted by Gasteiger charge is -2.13. The number of hydrogen-bond acceptors (Lipinski definition) is 4. The number of anilines is 2. The monoisotopic (exact) mass is 480 g/mol. The predicted molar refractivity (Wildman–Crippen MR) is 135 cm³/mol. The molecule has 0 aliphatic heterocycles. The Hall–Kier alpha value is -5.24. The molecule has 8 heteroatoms. The normalized spacial score (nSPS) is 10.3. The first-order chi connectivity index (χ1) is 17.3. The van der Waals surface area contributed by atoms with Crippen molar-refractivity contribution in [2.75, 3.05) is 10.6 Å². The number of carbonyl (C=O) groups is 4. The minimum atomic E-state index is -1.13. The molecular weight excluding hydrogens is 460 g/mol. The number of hydrogen-bond donors (Lipinski definition) is 4. The largest absolute Gasteiger partial charge is 0.478 e. The van der Waals surface area contributed by atoms with Gasteiger partial charge in [-0.3, -0.25) is 9.59 Å². The van der Waals surface area contributed by atoms with Crippen molar-refractivity contribution in [1.82, 2.24) is 0 Å². The third-order valence-electron chi connectivity index (χ3n) is 5.37. The molecule has 4 N–H and O–H groups in total. The van der Waals surface area contributed by atoms with Gasteiger partial charge < -0.3 is 20.8 Å². The van der Waals surface area contributed by atoms with E-state index in [1.807, 2.05) is 30.3 Å². The van der Waals surface area contributed by atoms with Crippen LogP contribution in [0, 0.1) is 0 Å². The molecule has 36 heavy (non-hydrogen) atoms. The van der Waals surface area contributed by atoms with Crippen LogP contribution in [0.4, 0.5) is 11.4 Å². The Morgan fingerprint density at radius 1 is 0.500 bits per heavy atom. The maximum atomic E-state index is 13.3. The van der Waals surface area contributed by atoms with Crippen LogP contribution in [0.15, 0.2) is 97.1 Å². The Bertz CT molecular complexity index is 1460. The molecule has 0 radical (unpaired) electrons. The number of nitrogens with one attached hydrogen (secondary N) is 2. The minimum absolute atomic E-state index is 0.00926. The SMILES string of the molecule is O=C(O)c1ccc(NC(=O)c2cc(-c3ccccc3)ccc2C(=O)Nc2cccc(C(=O)O)c2)cc1. The topological polar surface area (TPSA) is 133 Å². The summed E-state index contributed by atoms with van der Waals surface area (Å²) in [6.07, 6.45) is 0. The lowest BCUT2D eigenvalue weighted by atomic mass is 9.98. The predicted octanol–water partition coefficient (Wildman–Crippen LogP) is 5.25. The first-order valence-electron chi connectivity index (χ1n) is 10.8. The fraction of sp³-hybridized carbons (Fsp3) is 0. The summed E-state index contributed by atoms with van der Waals surface area (Å²) in [6.45, 7) is 0. The van der Waals surface area contributed by atoms with Crippen molar-refractivity contribution in [3.63, 3.8) is 0 Å². The second-order valence-corrected chi connectivity index (χ2v) is 7.80. The Kier molecular flexibility index (Phi) is 6.87. The van der Waals surface area contributed by atoms with Crippen LogP contribution < -0.4 is 10.6 Å². The van der Waals surface area contributed by atoms with Crippen molar-refractivity contribution in [3.05, 3.63) is 119 Å². The van der Waals surface area contributed by atoms with Crippen molar-refractivity contribution in [1.29, 1.82) is 0 Å². The molecule has 0 fully saturated rings. The van der Waals surface area contributed by atoms with Gasteiger partial charge in [0, 0.05) is 11.4 Å². The number of carboxylic acids is 2. The molecule has 8 nitrogen and oxygen atoms in total. The smallest absolute Gasteiger partial charge is 0.335 e. The minimum Gasteiger partial charge on any atom is -0.478 e. The molecule has 0 spiro atoms. The van der Waals surface area contributed by atoms with Gasteiger partial charge in [-0.05, 0) is 65.7 Å². The van der Waals surface area contributed by atoms with Gasteiger partial charge in [0.1, 0.15) is 0 Å². The van der Waals surface area contributed by atoms with Gasteiger partial charge >= 0.3 is 11.9 Å². The lowest BCUT2D eigenvalue weighted by Crippen LogP contribution is -2.20. The van der Waals surface area contributed by atoms with Crippen LogP contribution in [0.1, 0.15) is 41.4 Å². The summed E-state index contributed by atoms with van der Waals surface area (Å²) >= 11 is 0. The first-order valence-corrected chi connectivity index (χ1v) is 10.8.